The van der Waals surface area contributed by atoms with Crippen molar-refractivity contribution >= 4 is 11.9 Å². The van der Waals surface area contributed by atoms with Crippen molar-refractivity contribution in [1.29, 1.82) is 0 Å². The molecule has 1 aromatic heterocycles. The molecule has 1 saturated carbocycles. The predicted molar refractivity (Wildman–Crippen MR) is 56.0 cm³/mol. The summed E-state index contributed by atoms with van der Waals surface area (Å²) in [6, 6.07) is 0.384. The SMILES string of the molecule is CCNc1nc(N)n(C(C)C2CC2)n1. The van der Waals surface area contributed by atoms with E-state index in [-0.39, 0.29) is 0 Å². The standard InChI is InChI=1S/C9H17N5/c1-3-11-9-12-8(10)14(13-9)6(2)7-4-5-7/h6-7H,3-5H2,1-2H3,(H3,10,11,12,13). The van der Waals surface area contributed by atoms with E-state index in [0.717, 1.165) is 12.5 Å². The van der Waals surface area contributed by atoms with Crippen molar-refractivity contribution in [2.75, 3.05) is 17.6 Å². The van der Waals surface area contributed by atoms with Crippen LogP contribution in [0.1, 0.15) is 32.7 Å². The zero-order valence-corrected chi connectivity index (χ0v) is 8.70. The van der Waals surface area contributed by atoms with Crippen molar-refractivity contribution in [2.24, 2.45) is 5.92 Å². The van der Waals surface area contributed by atoms with Gasteiger partial charge in [-0.25, -0.2) is 4.68 Å². The van der Waals surface area contributed by atoms with E-state index in [9.17, 15) is 0 Å². The highest BCUT2D eigenvalue weighted by molar-refractivity contribution is 5.31. The molecule has 1 atom stereocenters. The van der Waals surface area contributed by atoms with E-state index in [2.05, 4.69) is 22.3 Å². The van der Waals surface area contributed by atoms with Crippen molar-refractivity contribution in [3.05, 3.63) is 0 Å². The van der Waals surface area contributed by atoms with Gasteiger partial charge in [0.05, 0.1) is 6.04 Å². The quantitative estimate of drug-likeness (QED) is 0.759. The lowest BCUT2D eigenvalue weighted by Gasteiger charge is -2.10. The van der Waals surface area contributed by atoms with Gasteiger partial charge in [-0.3, -0.25) is 0 Å². The molecule has 14 heavy (non-hydrogen) atoms. The monoisotopic (exact) mass is 195 g/mol. The average Bonchev–Trinajstić information content (AvgIpc) is 2.91. The van der Waals surface area contributed by atoms with E-state index < -0.39 is 0 Å². The fourth-order valence-electron chi connectivity index (χ4n) is 1.65. The second-order valence-electron chi connectivity index (χ2n) is 3.85. The molecule has 2 rings (SSSR count). The zero-order valence-electron chi connectivity index (χ0n) is 8.70. The molecule has 0 aromatic carbocycles. The summed E-state index contributed by atoms with van der Waals surface area (Å²) in [5.74, 6) is 1.89. The first kappa shape index (κ1) is 9.30. The molecule has 0 bridgehead atoms. The molecule has 1 fully saturated rings. The van der Waals surface area contributed by atoms with Crippen molar-refractivity contribution in [1.82, 2.24) is 14.8 Å². The third kappa shape index (κ3) is 1.66. The van der Waals surface area contributed by atoms with Crippen molar-refractivity contribution in [2.45, 2.75) is 32.7 Å². The molecule has 0 spiro atoms. The van der Waals surface area contributed by atoms with Crippen LogP contribution in [0.4, 0.5) is 11.9 Å². The number of rotatable bonds is 4. The van der Waals surface area contributed by atoms with E-state index in [0.29, 0.717) is 17.9 Å². The first-order valence-electron chi connectivity index (χ1n) is 5.18. The van der Waals surface area contributed by atoms with Gasteiger partial charge < -0.3 is 11.1 Å². The van der Waals surface area contributed by atoms with E-state index in [1.54, 1.807) is 0 Å². The molecule has 3 N–H and O–H groups in total. The molecule has 0 amide bonds. The largest absolute Gasteiger partial charge is 0.368 e. The maximum absolute atomic E-state index is 5.79. The first-order chi connectivity index (χ1) is 6.72. The van der Waals surface area contributed by atoms with Gasteiger partial charge in [-0.05, 0) is 32.6 Å². The molecule has 5 heteroatoms. The third-order valence-electron chi connectivity index (χ3n) is 2.68. The zero-order chi connectivity index (χ0) is 10.1. The van der Waals surface area contributed by atoms with E-state index in [4.69, 9.17) is 5.73 Å². The lowest BCUT2D eigenvalue weighted by atomic mass is 10.2. The maximum Gasteiger partial charge on any atom is 0.243 e. The lowest BCUT2D eigenvalue weighted by Crippen LogP contribution is -2.12. The van der Waals surface area contributed by atoms with E-state index in [1.165, 1.54) is 12.8 Å². The molecule has 1 aliphatic carbocycles. The highest BCUT2D eigenvalue weighted by Gasteiger charge is 2.31. The summed E-state index contributed by atoms with van der Waals surface area (Å²) in [4.78, 5) is 4.15. The molecule has 1 unspecified atom stereocenters. The van der Waals surface area contributed by atoms with Crippen LogP contribution in [0, 0.1) is 5.92 Å². The van der Waals surface area contributed by atoms with Crippen LogP contribution in [-0.2, 0) is 0 Å². The summed E-state index contributed by atoms with van der Waals surface area (Å²) in [7, 11) is 0. The van der Waals surface area contributed by atoms with Crippen LogP contribution in [0.3, 0.4) is 0 Å². The Morgan fingerprint density at radius 3 is 2.93 bits per heavy atom. The minimum atomic E-state index is 0.384. The Labute approximate surface area is 83.7 Å². The number of nitrogens with zero attached hydrogens (tertiary/aromatic N) is 3. The van der Waals surface area contributed by atoms with Crippen molar-refractivity contribution in [3.63, 3.8) is 0 Å². The summed E-state index contributed by atoms with van der Waals surface area (Å²) in [6.07, 6.45) is 2.58. The van der Waals surface area contributed by atoms with Gasteiger partial charge in [-0.1, -0.05) is 0 Å². The van der Waals surface area contributed by atoms with Crippen LogP contribution in [0.2, 0.25) is 0 Å². The first-order valence-corrected chi connectivity index (χ1v) is 5.18. The second kappa shape index (κ2) is 3.48. The van der Waals surface area contributed by atoms with E-state index >= 15 is 0 Å². The molecule has 0 saturated heterocycles. The summed E-state index contributed by atoms with van der Waals surface area (Å²) < 4.78 is 1.83. The van der Waals surface area contributed by atoms with Crippen LogP contribution >= 0.6 is 0 Å². The Kier molecular flexibility index (Phi) is 2.31. The minimum absolute atomic E-state index is 0.384. The lowest BCUT2D eigenvalue weighted by molar-refractivity contribution is 0.446. The Bertz CT molecular complexity index is 315. The fraction of sp³-hybridized carbons (Fsp3) is 0.778. The summed E-state index contributed by atoms with van der Waals surface area (Å²) >= 11 is 0. The van der Waals surface area contributed by atoms with Gasteiger partial charge in [0.1, 0.15) is 0 Å². The number of anilines is 2. The van der Waals surface area contributed by atoms with Crippen LogP contribution in [0.25, 0.3) is 0 Å². The molecular formula is C9H17N5. The predicted octanol–water partition coefficient (Wildman–Crippen LogP) is 1.26. The topological polar surface area (TPSA) is 68.8 Å². The molecule has 0 aliphatic heterocycles. The molecule has 5 nitrogen and oxygen atoms in total. The van der Waals surface area contributed by atoms with Gasteiger partial charge >= 0.3 is 0 Å². The number of aromatic nitrogens is 3. The number of nitrogen functional groups attached to an aromatic ring is 1. The molecular weight excluding hydrogens is 178 g/mol. The van der Waals surface area contributed by atoms with E-state index in [1.807, 2.05) is 11.6 Å². The van der Waals surface area contributed by atoms with Crippen molar-refractivity contribution < 1.29 is 0 Å². The van der Waals surface area contributed by atoms with Crippen LogP contribution in [0.15, 0.2) is 0 Å². The van der Waals surface area contributed by atoms with Gasteiger partial charge in [-0.15, -0.1) is 5.10 Å². The highest BCUT2D eigenvalue weighted by atomic mass is 15.4. The molecule has 0 radical (unpaired) electrons. The maximum atomic E-state index is 5.79. The summed E-state index contributed by atoms with van der Waals surface area (Å²) in [5.41, 5.74) is 5.79. The number of nitrogens with one attached hydrogen (secondary N) is 1. The Hall–Kier alpha value is -1.26. The van der Waals surface area contributed by atoms with Crippen molar-refractivity contribution in [3.8, 4) is 0 Å². The van der Waals surface area contributed by atoms with Gasteiger partial charge in [-0.2, -0.15) is 4.98 Å². The number of hydrogen-bond acceptors (Lipinski definition) is 4. The van der Waals surface area contributed by atoms with Gasteiger partial charge in [0, 0.05) is 6.54 Å². The number of hydrogen-bond donors (Lipinski definition) is 2. The van der Waals surface area contributed by atoms with Crippen LogP contribution in [0.5, 0.6) is 0 Å². The molecule has 1 aromatic rings. The third-order valence-corrected chi connectivity index (χ3v) is 2.68. The normalized spacial score (nSPS) is 18.1. The summed E-state index contributed by atoms with van der Waals surface area (Å²) in [6.45, 7) is 4.99. The minimum Gasteiger partial charge on any atom is -0.368 e. The highest BCUT2D eigenvalue weighted by Crippen LogP contribution is 2.39. The number of nitrogens with two attached hydrogens (primary N) is 1. The molecule has 1 heterocycles. The molecule has 78 valence electrons. The Morgan fingerprint density at radius 1 is 1.64 bits per heavy atom. The van der Waals surface area contributed by atoms with Gasteiger partial charge in [0.25, 0.3) is 0 Å². The van der Waals surface area contributed by atoms with Crippen LogP contribution < -0.4 is 11.1 Å². The van der Waals surface area contributed by atoms with Gasteiger partial charge in [0.15, 0.2) is 0 Å². The smallest absolute Gasteiger partial charge is 0.243 e. The van der Waals surface area contributed by atoms with Gasteiger partial charge in [0.2, 0.25) is 11.9 Å². The summed E-state index contributed by atoms with van der Waals surface area (Å²) in [5, 5.41) is 7.39. The molecule has 1 aliphatic rings. The Morgan fingerprint density at radius 2 is 2.36 bits per heavy atom. The second-order valence-corrected chi connectivity index (χ2v) is 3.85. The Balaban J connectivity index is 2.15. The van der Waals surface area contributed by atoms with Crippen LogP contribution in [-0.4, -0.2) is 21.3 Å². The fourth-order valence-corrected chi connectivity index (χ4v) is 1.65. The average molecular weight is 195 g/mol.